The first kappa shape index (κ1) is 11.4. The SMILES string of the molecule is CC1=CC=CNC1(C(=O)O)c1ccc(C)nc1. The topological polar surface area (TPSA) is 62.2 Å². The van der Waals surface area contributed by atoms with Gasteiger partial charge in [-0.3, -0.25) is 4.98 Å². The van der Waals surface area contributed by atoms with Crippen LogP contribution in [0, 0.1) is 6.92 Å². The van der Waals surface area contributed by atoms with Crippen LogP contribution in [0.3, 0.4) is 0 Å². The third kappa shape index (κ3) is 1.71. The van der Waals surface area contributed by atoms with Crippen molar-refractivity contribution in [2.45, 2.75) is 19.4 Å². The molecule has 0 spiro atoms. The van der Waals surface area contributed by atoms with Gasteiger partial charge in [0.15, 0.2) is 5.54 Å². The molecule has 0 amide bonds. The number of hydrogen-bond donors (Lipinski definition) is 2. The first-order valence-corrected chi connectivity index (χ1v) is 5.35. The number of dihydropyridines is 1. The van der Waals surface area contributed by atoms with Crippen LogP contribution in [0.5, 0.6) is 0 Å². The number of carbonyl (C=O) groups is 1. The summed E-state index contributed by atoms with van der Waals surface area (Å²) in [7, 11) is 0. The molecule has 88 valence electrons. The van der Waals surface area contributed by atoms with Gasteiger partial charge in [-0.2, -0.15) is 0 Å². The van der Waals surface area contributed by atoms with Gasteiger partial charge in [-0.15, -0.1) is 0 Å². The van der Waals surface area contributed by atoms with Crippen molar-refractivity contribution >= 4 is 5.97 Å². The first-order valence-electron chi connectivity index (χ1n) is 5.35. The summed E-state index contributed by atoms with van der Waals surface area (Å²) in [6.45, 7) is 3.67. The van der Waals surface area contributed by atoms with Gasteiger partial charge in [0.2, 0.25) is 0 Å². The number of allylic oxidation sites excluding steroid dienone is 2. The predicted molar refractivity (Wildman–Crippen MR) is 64.3 cm³/mol. The van der Waals surface area contributed by atoms with Crippen molar-refractivity contribution in [3.63, 3.8) is 0 Å². The quantitative estimate of drug-likeness (QED) is 0.812. The molecule has 1 aliphatic rings. The number of aliphatic carboxylic acids is 1. The molecular formula is C13H14N2O2. The molecule has 17 heavy (non-hydrogen) atoms. The largest absolute Gasteiger partial charge is 0.479 e. The Bertz CT molecular complexity index is 503. The fourth-order valence-corrected chi connectivity index (χ4v) is 1.96. The maximum atomic E-state index is 11.6. The summed E-state index contributed by atoms with van der Waals surface area (Å²) in [5.41, 5.74) is 1.03. The molecule has 0 bridgehead atoms. The molecule has 2 heterocycles. The van der Waals surface area contributed by atoms with E-state index >= 15 is 0 Å². The van der Waals surface area contributed by atoms with E-state index < -0.39 is 11.5 Å². The molecule has 1 aromatic rings. The Morgan fingerprint density at radius 3 is 2.71 bits per heavy atom. The van der Waals surface area contributed by atoms with Crippen molar-refractivity contribution in [2.24, 2.45) is 0 Å². The molecule has 0 saturated carbocycles. The number of rotatable bonds is 2. The molecule has 0 aromatic carbocycles. The predicted octanol–water partition coefficient (Wildman–Crippen LogP) is 1.73. The van der Waals surface area contributed by atoms with Crippen molar-refractivity contribution in [2.75, 3.05) is 0 Å². The molecule has 1 aliphatic heterocycles. The van der Waals surface area contributed by atoms with Gasteiger partial charge in [-0.25, -0.2) is 4.79 Å². The van der Waals surface area contributed by atoms with Crippen molar-refractivity contribution in [3.8, 4) is 0 Å². The van der Waals surface area contributed by atoms with Gasteiger partial charge in [0.1, 0.15) is 0 Å². The average molecular weight is 230 g/mol. The molecule has 2 rings (SSSR count). The standard InChI is InChI=1S/C13H14N2O2/c1-9-4-3-7-15-13(9,12(16)17)11-6-5-10(2)14-8-11/h3-8,15H,1-2H3,(H,16,17). The van der Waals surface area contributed by atoms with Crippen LogP contribution in [0.1, 0.15) is 18.2 Å². The second kappa shape index (κ2) is 4.05. The van der Waals surface area contributed by atoms with Crippen LogP contribution in [0.2, 0.25) is 0 Å². The number of carboxylic acid groups (broad SMARTS) is 1. The third-order valence-corrected chi connectivity index (χ3v) is 3.00. The van der Waals surface area contributed by atoms with Crippen LogP contribution in [-0.4, -0.2) is 16.1 Å². The van der Waals surface area contributed by atoms with E-state index in [1.54, 1.807) is 37.5 Å². The molecular weight excluding hydrogens is 216 g/mol. The summed E-state index contributed by atoms with van der Waals surface area (Å²) in [5, 5.41) is 12.4. The summed E-state index contributed by atoms with van der Waals surface area (Å²) in [6, 6.07) is 3.60. The smallest absolute Gasteiger partial charge is 0.338 e. The van der Waals surface area contributed by atoms with Gasteiger partial charge in [0.25, 0.3) is 0 Å². The molecule has 1 atom stereocenters. The maximum absolute atomic E-state index is 11.6. The van der Waals surface area contributed by atoms with Crippen LogP contribution in [0.4, 0.5) is 0 Å². The van der Waals surface area contributed by atoms with Crippen molar-refractivity contribution in [1.29, 1.82) is 0 Å². The minimum absolute atomic E-state index is 0.633. The van der Waals surface area contributed by atoms with Crippen molar-refractivity contribution in [1.82, 2.24) is 10.3 Å². The Kier molecular flexibility index (Phi) is 2.71. The number of aryl methyl sites for hydroxylation is 1. The molecule has 0 fully saturated rings. The average Bonchev–Trinajstić information content (AvgIpc) is 2.31. The van der Waals surface area contributed by atoms with Crippen LogP contribution < -0.4 is 5.32 Å². The Hall–Kier alpha value is -2.10. The molecule has 4 nitrogen and oxygen atoms in total. The molecule has 0 radical (unpaired) electrons. The van der Waals surface area contributed by atoms with Gasteiger partial charge >= 0.3 is 5.97 Å². The highest BCUT2D eigenvalue weighted by atomic mass is 16.4. The van der Waals surface area contributed by atoms with E-state index in [2.05, 4.69) is 10.3 Å². The molecule has 1 aromatic heterocycles. The fraction of sp³-hybridized carbons (Fsp3) is 0.231. The monoisotopic (exact) mass is 230 g/mol. The summed E-state index contributed by atoms with van der Waals surface area (Å²) >= 11 is 0. The fourth-order valence-electron chi connectivity index (χ4n) is 1.96. The van der Waals surface area contributed by atoms with E-state index in [1.165, 1.54) is 0 Å². The van der Waals surface area contributed by atoms with E-state index in [-0.39, 0.29) is 0 Å². The minimum Gasteiger partial charge on any atom is -0.479 e. The van der Waals surface area contributed by atoms with E-state index in [0.717, 1.165) is 11.3 Å². The van der Waals surface area contributed by atoms with Gasteiger partial charge in [-0.05, 0) is 37.8 Å². The van der Waals surface area contributed by atoms with Gasteiger partial charge < -0.3 is 10.4 Å². The third-order valence-electron chi connectivity index (χ3n) is 3.00. The number of aromatic nitrogens is 1. The van der Waals surface area contributed by atoms with Crippen molar-refractivity contribution in [3.05, 3.63) is 53.5 Å². The Labute approximate surface area is 99.7 Å². The van der Waals surface area contributed by atoms with E-state index in [9.17, 15) is 9.90 Å². The lowest BCUT2D eigenvalue weighted by Gasteiger charge is -2.33. The van der Waals surface area contributed by atoms with E-state index in [1.807, 2.05) is 13.0 Å². The lowest BCUT2D eigenvalue weighted by Crippen LogP contribution is -2.49. The van der Waals surface area contributed by atoms with E-state index in [4.69, 9.17) is 0 Å². The molecule has 1 unspecified atom stereocenters. The Balaban J connectivity index is 2.57. The zero-order valence-corrected chi connectivity index (χ0v) is 9.77. The summed E-state index contributed by atoms with van der Waals surface area (Å²) in [5.74, 6) is -0.929. The zero-order chi connectivity index (χ0) is 12.5. The second-order valence-electron chi connectivity index (χ2n) is 4.10. The summed E-state index contributed by atoms with van der Waals surface area (Å²) in [4.78, 5) is 15.8. The van der Waals surface area contributed by atoms with Crippen LogP contribution in [0.25, 0.3) is 0 Å². The van der Waals surface area contributed by atoms with Crippen molar-refractivity contribution < 1.29 is 9.90 Å². The number of pyridine rings is 1. The molecule has 4 heteroatoms. The van der Waals surface area contributed by atoms with Crippen LogP contribution in [0.15, 0.2) is 42.3 Å². The number of nitrogens with zero attached hydrogens (tertiary/aromatic N) is 1. The normalized spacial score (nSPS) is 22.8. The highest BCUT2D eigenvalue weighted by molar-refractivity contribution is 5.85. The zero-order valence-electron chi connectivity index (χ0n) is 9.77. The first-order chi connectivity index (χ1) is 8.07. The number of hydrogen-bond acceptors (Lipinski definition) is 3. The van der Waals surface area contributed by atoms with Crippen LogP contribution in [-0.2, 0) is 10.3 Å². The highest BCUT2D eigenvalue weighted by Crippen LogP contribution is 2.31. The maximum Gasteiger partial charge on any atom is 0.338 e. The lowest BCUT2D eigenvalue weighted by atomic mass is 9.82. The van der Waals surface area contributed by atoms with Gasteiger partial charge in [0.05, 0.1) is 0 Å². The van der Waals surface area contributed by atoms with E-state index in [0.29, 0.717) is 5.56 Å². The number of carboxylic acids is 1. The Morgan fingerprint density at radius 1 is 1.41 bits per heavy atom. The highest BCUT2D eigenvalue weighted by Gasteiger charge is 2.42. The minimum atomic E-state index is -1.20. The second-order valence-corrected chi connectivity index (χ2v) is 4.10. The summed E-state index contributed by atoms with van der Waals surface area (Å²) in [6.07, 6.45) is 6.83. The molecule has 2 N–H and O–H groups in total. The number of nitrogens with one attached hydrogen (secondary N) is 1. The molecule has 0 saturated heterocycles. The van der Waals surface area contributed by atoms with Gasteiger partial charge in [0, 0.05) is 17.5 Å². The Morgan fingerprint density at radius 2 is 2.18 bits per heavy atom. The lowest BCUT2D eigenvalue weighted by molar-refractivity contribution is -0.143. The van der Waals surface area contributed by atoms with Gasteiger partial charge in [-0.1, -0.05) is 12.1 Å². The molecule has 0 aliphatic carbocycles. The summed E-state index contributed by atoms with van der Waals surface area (Å²) < 4.78 is 0. The van der Waals surface area contributed by atoms with Crippen LogP contribution >= 0.6 is 0 Å².